The summed E-state index contributed by atoms with van der Waals surface area (Å²) >= 11 is 3.33. The van der Waals surface area contributed by atoms with Crippen LogP contribution in [0.25, 0.3) is 0 Å². The molecular formula is C21H16BrN3O4. The van der Waals surface area contributed by atoms with Gasteiger partial charge >= 0.3 is 0 Å². The molecule has 0 unspecified atom stereocenters. The number of carbonyl (C=O) groups is 1. The Morgan fingerprint density at radius 2 is 1.76 bits per heavy atom. The second kappa shape index (κ2) is 9.61. The van der Waals surface area contributed by atoms with Gasteiger partial charge in [-0.2, -0.15) is 5.10 Å². The number of nitrogens with zero attached hydrogens (tertiary/aromatic N) is 2. The van der Waals surface area contributed by atoms with Crippen molar-refractivity contribution in [1.29, 1.82) is 0 Å². The van der Waals surface area contributed by atoms with Gasteiger partial charge in [0, 0.05) is 16.6 Å². The molecule has 3 aromatic carbocycles. The molecule has 29 heavy (non-hydrogen) atoms. The second-order valence-electron chi connectivity index (χ2n) is 5.96. The van der Waals surface area contributed by atoms with E-state index < -0.39 is 4.92 Å². The molecule has 1 amide bonds. The molecule has 8 heteroatoms. The summed E-state index contributed by atoms with van der Waals surface area (Å²) < 4.78 is 6.37. The molecule has 3 rings (SSSR count). The van der Waals surface area contributed by atoms with Gasteiger partial charge in [-0.25, -0.2) is 5.43 Å². The van der Waals surface area contributed by atoms with Crippen molar-refractivity contribution < 1.29 is 14.5 Å². The van der Waals surface area contributed by atoms with Crippen LogP contribution >= 0.6 is 15.9 Å². The average Bonchev–Trinajstić information content (AvgIpc) is 2.73. The van der Waals surface area contributed by atoms with Crippen molar-refractivity contribution in [2.75, 3.05) is 0 Å². The summed E-state index contributed by atoms with van der Waals surface area (Å²) in [5, 5.41) is 14.6. The smallest absolute Gasteiger partial charge is 0.272 e. The number of nitro benzene ring substituents is 1. The highest BCUT2D eigenvalue weighted by atomic mass is 79.9. The van der Waals surface area contributed by atoms with Gasteiger partial charge in [0.1, 0.15) is 12.4 Å². The maximum Gasteiger partial charge on any atom is 0.272 e. The van der Waals surface area contributed by atoms with E-state index in [1.807, 2.05) is 6.07 Å². The van der Waals surface area contributed by atoms with E-state index in [2.05, 4.69) is 26.5 Å². The first-order chi connectivity index (χ1) is 14.0. The Morgan fingerprint density at radius 3 is 2.41 bits per heavy atom. The molecule has 1 N–H and O–H groups in total. The van der Waals surface area contributed by atoms with Crippen LogP contribution in [-0.2, 0) is 6.61 Å². The Labute approximate surface area is 175 Å². The normalized spacial score (nSPS) is 10.7. The number of benzene rings is 3. The summed E-state index contributed by atoms with van der Waals surface area (Å²) in [6.45, 7) is 0.299. The number of carbonyl (C=O) groups excluding carboxylic acids is 1. The average molecular weight is 454 g/mol. The molecule has 0 aliphatic heterocycles. The lowest BCUT2D eigenvalue weighted by Crippen LogP contribution is -2.18. The number of halogens is 1. The number of hydrogen-bond acceptors (Lipinski definition) is 5. The zero-order valence-electron chi connectivity index (χ0n) is 15.1. The molecule has 0 saturated heterocycles. The minimum absolute atomic E-state index is 0.0455. The zero-order chi connectivity index (χ0) is 20.6. The van der Waals surface area contributed by atoms with Crippen molar-refractivity contribution in [2.24, 2.45) is 5.10 Å². The predicted molar refractivity (Wildman–Crippen MR) is 113 cm³/mol. The molecular weight excluding hydrogens is 438 g/mol. The van der Waals surface area contributed by atoms with Crippen molar-refractivity contribution in [1.82, 2.24) is 5.43 Å². The number of hydrogen-bond donors (Lipinski definition) is 1. The van der Waals surface area contributed by atoms with Gasteiger partial charge in [0.2, 0.25) is 0 Å². The highest BCUT2D eigenvalue weighted by molar-refractivity contribution is 9.10. The van der Waals surface area contributed by atoms with Crippen LogP contribution in [0.3, 0.4) is 0 Å². The number of amides is 1. The Kier molecular flexibility index (Phi) is 6.70. The Bertz CT molecular complexity index is 1030. The van der Waals surface area contributed by atoms with E-state index in [9.17, 15) is 14.9 Å². The monoisotopic (exact) mass is 453 g/mol. The summed E-state index contributed by atoms with van der Waals surface area (Å²) in [5.41, 5.74) is 4.65. The number of rotatable bonds is 7. The van der Waals surface area contributed by atoms with E-state index in [-0.39, 0.29) is 11.6 Å². The fourth-order valence-electron chi connectivity index (χ4n) is 2.40. The van der Waals surface area contributed by atoms with Gasteiger partial charge in [-0.3, -0.25) is 14.9 Å². The largest absolute Gasteiger partial charge is 0.489 e. The lowest BCUT2D eigenvalue weighted by molar-refractivity contribution is -0.384. The first-order valence-electron chi connectivity index (χ1n) is 8.57. The van der Waals surface area contributed by atoms with Gasteiger partial charge in [0.05, 0.1) is 16.7 Å². The molecule has 0 aliphatic rings. The van der Waals surface area contributed by atoms with E-state index in [0.717, 1.165) is 11.1 Å². The number of non-ortho nitro benzene ring substituents is 1. The van der Waals surface area contributed by atoms with Crippen LogP contribution in [0.2, 0.25) is 0 Å². The molecule has 0 aromatic heterocycles. The Morgan fingerprint density at radius 1 is 1.07 bits per heavy atom. The van der Waals surface area contributed by atoms with E-state index in [1.165, 1.54) is 18.3 Å². The van der Waals surface area contributed by atoms with Gasteiger partial charge in [-0.05, 0) is 75.6 Å². The van der Waals surface area contributed by atoms with Gasteiger partial charge in [-0.1, -0.05) is 12.1 Å². The Hall–Kier alpha value is -3.52. The van der Waals surface area contributed by atoms with Crippen LogP contribution in [0, 0.1) is 10.1 Å². The van der Waals surface area contributed by atoms with Gasteiger partial charge in [-0.15, -0.1) is 0 Å². The SMILES string of the molecule is O=C(N/N=C\c1ccc(OCc2ccc([N+](=O)[O-])cc2)cc1)c1ccccc1Br. The maximum atomic E-state index is 12.1. The third-order valence-electron chi connectivity index (χ3n) is 3.93. The number of nitrogens with one attached hydrogen (secondary N) is 1. The lowest BCUT2D eigenvalue weighted by atomic mass is 10.2. The molecule has 0 fully saturated rings. The minimum atomic E-state index is -0.438. The van der Waals surface area contributed by atoms with Crippen LogP contribution in [0.15, 0.2) is 82.4 Å². The van der Waals surface area contributed by atoms with Gasteiger partial charge in [0.25, 0.3) is 11.6 Å². The highest BCUT2D eigenvalue weighted by Gasteiger charge is 2.07. The van der Waals surface area contributed by atoms with Crippen molar-refractivity contribution in [3.05, 3.63) is 104 Å². The van der Waals surface area contributed by atoms with Crippen LogP contribution in [-0.4, -0.2) is 17.0 Å². The highest BCUT2D eigenvalue weighted by Crippen LogP contribution is 2.17. The third kappa shape index (κ3) is 5.73. The minimum Gasteiger partial charge on any atom is -0.489 e. The molecule has 0 spiro atoms. The Balaban J connectivity index is 1.52. The summed E-state index contributed by atoms with van der Waals surface area (Å²) in [6.07, 6.45) is 1.54. The zero-order valence-corrected chi connectivity index (χ0v) is 16.7. The molecule has 0 atom stereocenters. The molecule has 0 aliphatic carbocycles. The summed E-state index contributed by atoms with van der Waals surface area (Å²) in [5.74, 6) is 0.342. The molecule has 0 saturated carbocycles. The molecule has 0 radical (unpaired) electrons. The molecule has 7 nitrogen and oxygen atoms in total. The number of nitro groups is 1. The fourth-order valence-corrected chi connectivity index (χ4v) is 2.87. The summed E-state index contributed by atoms with van der Waals surface area (Å²) in [7, 11) is 0. The van der Waals surface area contributed by atoms with Crippen LogP contribution < -0.4 is 10.2 Å². The van der Waals surface area contributed by atoms with Crippen molar-refractivity contribution in [2.45, 2.75) is 6.61 Å². The number of ether oxygens (including phenoxy) is 1. The van der Waals surface area contributed by atoms with Gasteiger partial charge < -0.3 is 4.74 Å². The molecule has 146 valence electrons. The van der Waals surface area contributed by atoms with E-state index in [0.29, 0.717) is 22.4 Å². The van der Waals surface area contributed by atoms with Crippen molar-refractivity contribution >= 4 is 33.7 Å². The number of hydrazone groups is 1. The first kappa shape index (κ1) is 20.2. The van der Waals surface area contributed by atoms with Crippen molar-refractivity contribution in [3.8, 4) is 5.75 Å². The van der Waals surface area contributed by atoms with Crippen LogP contribution in [0.5, 0.6) is 5.75 Å². The maximum absolute atomic E-state index is 12.1. The van der Waals surface area contributed by atoms with Crippen molar-refractivity contribution in [3.63, 3.8) is 0 Å². The standard InChI is InChI=1S/C21H16BrN3O4/c22-20-4-2-1-3-19(20)21(26)24-23-13-15-7-11-18(12-8-15)29-14-16-5-9-17(10-6-16)25(27)28/h1-13H,14H2,(H,24,26)/b23-13-. The molecule has 3 aromatic rings. The summed E-state index contributed by atoms with van der Waals surface area (Å²) in [6, 6.07) is 20.5. The van der Waals surface area contributed by atoms with E-state index in [4.69, 9.17) is 4.74 Å². The summed E-state index contributed by atoms with van der Waals surface area (Å²) in [4.78, 5) is 22.3. The first-order valence-corrected chi connectivity index (χ1v) is 9.36. The quantitative estimate of drug-likeness (QED) is 0.318. The predicted octanol–water partition coefficient (Wildman–Crippen LogP) is 4.70. The topological polar surface area (TPSA) is 93.8 Å². The van der Waals surface area contributed by atoms with Crippen LogP contribution in [0.1, 0.15) is 21.5 Å². The van der Waals surface area contributed by atoms with E-state index >= 15 is 0 Å². The lowest BCUT2D eigenvalue weighted by Gasteiger charge is -2.06. The fraction of sp³-hybridized carbons (Fsp3) is 0.0476. The van der Waals surface area contributed by atoms with Gasteiger partial charge in [0.15, 0.2) is 0 Å². The molecule has 0 heterocycles. The van der Waals surface area contributed by atoms with E-state index in [1.54, 1.807) is 54.6 Å². The second-order valence-corrected chi connectivity index (χ2v) is 6.81. The molecule has 0 bridgehead atoms. The third-order valence-corrected chi connectivity index (χ3v) is 4.62. The van der Waals surface area contributed by atoms with Crippen LogP contribution in [0.4, 0.5) is 5.69 Å².